The minimum Gasteiger partial charge on any atom is -0.383 e. The van der Waals surface area contributed by atoms with Crippen molar-refractivity contribution in [2.75, 3.05) is 24.4 Å². The number of hydrogen-bond acceptors (Lipinski definition) is 5. The Labute approximate surface area is 191 Å². The van der Waals surface area contributed by atoms with Crippen molar-refractivity contribution in [2.24, 2.45) is 0 Å². The molecule has 33 heavy (non-hydrogen) atoms. The zero-order valence-electron chi connectivity index (χ0n) is 18.7. The Morgan fingerprint density at radius 1 is 1.09 bits per heavy atom. The molecule has 0 radical (unpaired) electrons. The molecule has 0 saturated carbocycles. The normalized spacial score (nSPS) is 12.5. The first-order valence-corrected chi connectivity index (χ1v) is 11.0. The number of H-pyrrole nitrogens is 1. The van der Waals surface area contributed by atoms with E-state index in [0.717, 1.165) is 30.4 Å². The van der Waals surface area contributed by atoms with Gasteiger partial charge in [0, 0.05) is 7.11 Å². The maximum atomic E-state index is 13.5. The van der Waals surface area contributed by atoms with Crippen molar-refractivity contribution in [3.05, 3.63) is 91.6 Å². The van der Waals surface area contributed by atoms with Crippen LogP contribution in [0, 0.1) is 0 Å². The number of hydrogen-bond donors (Lipinski definition) is 2. The standard InChI is InChI=1S/C25H28N4O4/c1-33-13-12-28-23(26)22(24(31)27-25(28)32)29(16-17-6-3-2-4-7-17)21(30)15-18-10-11-19-8-5-9-20(19)14-18/h2-4,6-7,10-11,14H,5,8-9,12-13,15-16,26H2,1H3,(H,27,31,32). The van der Waals surface area contributed by atoms with Crippen LogP contribution in [0.25, 0.3) is 0 Å². The van der Waals surface area contributed by atoms with E-state index in [0.29, 0.717) is 0 Å². The highest BCUT2D eigenvalue weighted by Gasteiger charge is 2.25. The molecule has 1 heterocycles. The van der Waals surface area contributed by atoms with Crippen LogP contribution in [0.5, 0.6) is 0 Å². The fraction of sp³-hybridized carbons (Fsp3) is 0.320. The van der Waals surface area contributed by atoms with Crippen LogP contribution >= 0.6 is 0 Å². The van der Waals surface area contributed by atoms with Gasteiger partial charge >= 0.3 is 5.69 Å². The number of amides is 1. The number of ether oxygens (including phenoxy) is 1. The lowest BCUT2D eigenvalue weighted by Crippen LogP contribution is -2.41. The highest BCUT2D eigenvalue weighted by Crippen LogP contribution is 2.25. The Bertz CT molecular complexity index is 1260. The largest absolute Gasteiger partial charge is 0.383 e. The number of nitrogens with two attached hydrogens (primary N) is 1. The van der Waals surface area contributed by atoms with Gasteiger partial charge in [0.15, 0.2) is 5.69 Å². The van der Waals surface area contributed by atoms with Crippen molar-refractivity contribution in [1.82, 2.24) is 9.55 Å². The number of carbonyl (C=O) groups excluding carboxylic acids is 1. The topological polar surface area (TPSA) is 110 Å². The SMILES string of the molecule is COCCn1c(N)c(N(Cc2ccccc2)C(=O)Cc2ccc3c(c2)CCC3)c(=O)[nH]c1=O. The van der Waals surface area contributed by atoms with Crippen LogP contribution < -0.4 is 21.9 Å². The minimum atomic E-state index is -0.690. The molecule has 1 aliphatic carbocycles. The second-order valence-corrected chi connectivity index (χ2v) is 8.24. The summed E-state index contributed by atoms with van der Waals surface area (Å²) >= 11 is 0. The summed E-state index contributed by atoms with van der Waals surface area (Å²) in [7, 11) is 1.51. The molecule has 0 fully saturated rings. The number of nitrogens with one attached hydrogen (secondary N) is 1. The molecule has 8 nitrogen and oxygen atoms in total. The summed E-state index contributed by atoms with van der Waals surface area (Å²) in [5.74, 6) is -0.329. The highest BCUT2D eigenvalue weighted by molar-refractivity contribution is 5.96. The molecule has 0 bridgehead atoms. The van der Waals surface area contributed by atoms with E-state index in [4.69, 9.17) is 10.5 Å². The molecule has 1 amide bonds. The minimum absolute atomic E-state index is 0.0271. The van der Waals surface area contributed by atoms with Crippen LogP contribution in [0.1, 0.15) is 28.7 Å². The Kier molecular flexibility index (Phi) is 6.74. The molecule has 2 aromatic carbocycles. The van der Waals surface area contributed by atoms with Gasteiger partial charge in [0.1, 0.15) is 5.82 Å². The zero-order chi connectivity index (χ0) is 23.4. The van der Waals surface area contributed by atoms with Crippen molar-refractivity contribution in [2.45, 2.75) is 38.8 Å². The van der Waals surface area contributed by atoms with E-state index in [1.54, 1.807) is 0 Å². The second-order valence-electron chi connectivity index (χ2n) is 8.24. The number of fused-ring (bicyclic) bond motifs is 1. The summed E-state index contributed by atoms with van der Waals surface area (Å²) in [5, 5.41) is 0. The van der Waals surface area contributed by atoms with E-state index in [1.165, 1.54) is 27.7 Å². The molecule has 3 N–H and O–H groups in total. The highest BCUT2D eigenvalue weighted by atomic mass is 16.5. The molecule has 3 aromatic rings. The first-order chi connectivity index (χ1) is 16.0. The number of benzene rings is 2. The van der Waals surface area contributed by atoms with E-state index in [1.807, 2.05) is 36.4 Å². The number of aromatic nitrogens is 2. The van der Waals surface area contributed by atoms with Gasteiger partial charge in [-0.25, -0.2) is 4.79 Å². The number of nitrogen functional groups attached to an aromatic ring is 1. The molecule has 0 unspecified atom stereocenters. The summed E-state index contributed by atoms with van der Waals surface area (Å²) in [6.07, 6.45) is 3.33. The number of aromatic amines is 1. The summed E-state index contributed by atoms with van der Waals surface area (Å²) < 4.78 is 6.28. The van der Waals surface area contributed by atoms with Gasteiger partial charge in [-0.1, -0.05) is 48.5 Å². The van der Waals surface area contributed by atoms with Gasteiger partial charge in [-0.2, -0.15) is 0 Å². The van der Waals surface area contributed by atoms with Crippen molar-refractivity contribution >= 4 is 17.4 Å². The van der Waals surface area contributed by atoms with Crippen molar-refractivity contribution in [1.29, 1.82) is 0 Å². The Morgan fingerprint density at radius 2 is 1.85 bits per heavy atom. The first-order valence-electron chi connectivity index (χ1n) is 11.0. The van der Waals surface area contributed by atoms with Crippen LogP contribution in [0.3, 0.4) is 0 Å². The molecule has 0 spiro atoms. The molecule has 0 saturated heterocycles. The second kappa shape index (κ2) is 9.87. The summed E-state index contributed by atoms with van der Waals surface area (Å²) in [4.78, 5) is 42.4. The molecule has 0 aliphatic heterocycles. The average molecular weight is 449 g/mol. The number of nitrogens with zero attached hydrogens (tertiary/aromatic N) is 2. The number of aryl methyl sites for hydroxylation is 2. The molecule has 8 heteroatoms. The zero-order valence-corrected chi connectivity index (χ0v) is 18.7. The van der Waals surface area contributed by atoms with Gasteiger partial charge in [0.25, 0.3) is 5.56 Å². The Morgan fingerprint density at radius 3 is 2.61 bits per heavy atom. The maximum Gasteiger partial charge on any atom is 0.330 e. The summed E-state index contributed by atoms with van der Waals surface area (Å²) in [6, 6.07) is 15.5. The van der Waals surface area contributed by atoms with Crippen LogP contribution in [-0.2, 0) is 41.9 Å². The van der Waals surface area contributed by atoms with E-state index < -0.39 is 11.2 Å². The lowest BCUT2D eigenvalue weighted by molar-refractivity contribution is -0.118. The average Bonchev–Trinajstić information content (AvgIpc) is 3.26. The van der Waals surface area contributed by atoms with Crippen molar-refractivity contribution in [3.63, 3.8) is 0 Å². The van der Waals surface area contributed by atoms with Gasteiger partial charge in [0.2, 0.25) is 5.91 Å². The van der Waals surface area contributed by atoms with Crippen LogP contribution in [0.4, 0.5) is 11.5 Å². The molecular formula is C25H28N4O4. The molecule has 0 atom stereocenters. The van der Waals surface area contributed by atoms with E-state index in [9.17, 15) is 14.4 Å². The van der Waals surface area contributed by atoms with E-state index in [-0.39, 0.29) is 43.5 Å². The first kappa shape index (κ1) is 22.5. The summed E-state index contributed by atoms with van der Waals surface area (Å²) in [6.45, 7) is 0.543. The van der Waals surface area contributed by atoms with Crippen molar-refractivity contribution < 1.29 is 9.53 Å². The third kappa shape index (κ3) is 4.90. The lowest BCUT2D eigenvalue weighted by Gasteiger charge is -2.25. The smallest absolute Gasteiger partial charge is 0.330 e. The Hall–Kier alpha value is -3.65. The molecule has 1 aromatic heterocycles. The summed E-state index contributed by atoms with van der Waals surface area (Å²) in [5.41, 5.74) is 9.27. The number of carbonyl (C=O) groups is 1. The quantitative estimate of drug-likeness (QED) is 0.548. The van der Waals surface area contributed by atoms with Crippen LogP contribution in [-0.4, -0.2) is 29.2 Å². The monoisotopic (exact) mass is 448 g/mol. The predicted octanol–water partition coefficient (Wildman–Crippen LogP) is 2.03. The maximum absolute atomic E-state index is 13.5. The molecule has 4 rings (SSSR count). The van der Waals surface area contributed by atoms with Gasteiger partial charge in [0.05, 0.1) is 26.1 Å². The van der Waals surface area contributed by atoms with Gasteiger partial charge in [-0.05, 0) is 41.5 Å². The number of anilines is 2. The van der Waals surface area contributed by atoms with Gasteiger partial charge in [-0.15, -0.1) is 0 Å². The van der Waals surface area contributed by atoms with E-state index >= 15 is 0 Å². The van der Waals surface area contributed by atoms with E-state index in [2.05, 4.69) is 17.1 Å². The predicted molar refractivity (Wildman–Crippen MR) is 127 cm³/mol. The van der Waals surface area contributed by atoms with Crippen LogP contribution in [0.15, 0.2) is 58.1 Å². The molecular weight excluding hydrogens is 420 g/mol. The molecule has 172 valence electrons. The number of rotatable bonds is 8. The fourth-order valence-electron chi connectivity index (χ4n) is 4.31. The van der Waals surface area contributed by atoms with Gasteiger partial charge in [-0.3, -0.25) is 24.0 Å². The number of methoxy groups -OCH3 is 1. The van der Waals surface area contributed by atoms with Crippen molar-refractivity contribution in [3.8, 4) is 0 Å². The fourth-order valence-corrected chi connectivity index (χ4v) is 4.31. The van der Waals surface area contributed by atoms with Gasteiger partial charge < -0.3 is 10.5 Å². The third-order valence-corrected chi connectivity index (χ3v) is 6.01. The van der Waals surface area contributed by atoms with Crippen LogP contribution in [0.2, 0.25) is 0 Å². The lowest BCUT2D eigenvalue weighted by atomic mass is 10.0. The Balaban J connectivity index is 1.73. The third-order valence-electron chi connectivity index (χ3n) is 6.01. The molecule has 1 aliphatic rings.